The molecule has 5 nitrogen and oxygen atoms in total. The third kappa shape index (κ3) is 3.08. The lowest BCUT2D eigenvalue weighted by Crippen LogP contribution is -2.57. The normalized spacial score (nSPS) is 15.5. The molecule has 2 rings (SSSR count). The SMILES string of the molecule is CCCN(Cc1cccc([N+](=O)[O-])c1F)C1CNC1. The molecule has 1 heterocycles. The zero-order valence-electron chi connectivity index (χ0n) is 10.9. The number of benzene rings is 1. The second kappa shape index (κ2) is 6.08. The first-order valence-corrected chi connectivity index (χ1v) is 6.50. The van der Waals surface area contributed by atoms with E-state index in [1.165, 1.54) is 6.07 Å². The van der Waals surface area contributed by atoms with Gasteiger partial charge in [0, 0.05) is 37.3 Å². The number of nitrogens with one attached hydrogen (secondary N) is 1. The molecule has 1 aromatic rings. The molecule has 0 aromatic heterocycles. The molecule has 19 heavy (non-hydrogen) atoms. The van der Waals surface area contributed by atoms with Crippen molar-refractivity contribution in [3.05, 3.63) is 39.7 Å². The van der Waals surface area contributed by atoms with Crippen LogP contribution in [0.25, 0.3) is 0 Å². The molecule has 0 bridgehead atoms. The number of hydrogen-bond donors (Lipinski definition) is 1. The fraction of sp³-hybridized carbons (Fsp3) is 0.538. The average Bonchev–Trinajstić information content (AvgIpc) is 2.29. The first-order chi connectivity index (χ1) is 9.13. The van der Waals surface area contributed by atoms with E-state index in [0.29, 0.717) is 18.2 Å². The molecule has 0 spiro atoms. The van der Waals surface area contributed by atoms with Crippen LogP contribution in [0.3, 0.4) is 0 Å². The summed E-state index contributed by atoms with van der Waals surface area (Å²) in [5, 5.41) is 13.9. The van der Waals surface area contributed by atoms with Crippen molar-refractivity contribution in [2.24, 2.45) is 0 Å². The predicted octanol–water partition coefficient (Wildman–Crippen LogP) is 1.92. The Morgan fingerprint density at radius 3 is 2.79 bits per heavy atom. The van der Waals surface area contributed by atoms with Crippen LogP contribution in [0.1, 0.15) is 18.9 Å². The molecule has 1 aromatic carbocycles. The topological polar surface area (TPSA) is 58.4 Å². The molecule has 1 aliphatic heterocycles. The van der Waals surface area contributed by atoms with E-state index in [0.717, 1.165) is 26.1 Å². The van der Waals surface area contributed by atoms with Crippen molar-refractivity contribution in [1.29, 1.82) is 0 Å². The fourth-order valence-corrected chi connectivity index (χ4v) is 2.26. The lowest BCUT2D eigenvalue weighted by Gasteiger charge is -2.38. The molecular weight excluding hydrogens is 249 g/mol. The van der Waals surface area contributed by atoms with E-state index in [1.807, 2.05) is 0 Å². The average molecular weight is 267 g/mol. The van der Waals surface area contributed by atoms with Crippen LogP contribution in [0, 0.1) is 15.9 Å². The van der Waals surface area contributed by atoms with Gasteiger partial charge in [0.25, 0.3) is 0 Å². The third-order valence-electron chi connectivity index (χ3n) is 3.42. The van der Waals surface area contributed by atoms with Crippen molar-refractivity contribution < 1.29 is 9.31 Å². The van der Waals surface area contributed by atoms with Gasteiger partial charge in [0.1, 0.15) is 0 Å². The van der Waals surface area contributed by atoms with Gasteiger partial charge in [-0.15, -0.1) is 0 Å². The Morgan fingerprint density at radius 1 is 1.53 bits per heavy atom. The van der Waals surface area contributed by atoms with Crippen LogP contribution >= 0.6 is 0 Å². The molecule has 0 aliphatic carbocycles. The molecule has 0 radical (unpaired) electrons. The zero-order chi connectivity index (χ0) is 13.8. The van der Waals surface area contributed by atoms with Crippen LogP contribution in [-0.2, 0) is 6.54 Å². The van der Waals surface area contributed by atoms with Gasteiger partial charge in [0.15, 0.2) is 0 Å². The fourth-order valence-electron chi connectivity index (χ4n) is 2.26. The smallest absolute Gasteiger partial charge is 0.305 e. The number of halogens is 1. The molecule has 0 amide bonds. The van der Waals surface area contributed by atoms with E-state index in [2.05, 4.69) is 17.1 Å². The maximum atomic E-state index is 14.0. The van der Waals surface area contributed by atoms with E-state index >= 15 is 0 Å². The van der Waals surface area contributed by atoms with Crippen LogP contribution in [0.4, 0.5) is 10.1 Å². The Bertz CT molecular complexity index is 463. The van der Waals surface area contributed by atoms with Crippen molar-refractivity contribution in [3.63, 3.8) is 0 Å². The van der Waals surface area contributed by atoms with Gasteiger partial charge >= 0.3 is 5.69 Å². The predicted molar refractivity (Wildman–Crippen MR) is 70.4 cm³/mol. The first kappa shape index (κ1) is 13.9. The second-order valence-corrected chi connectivity index (χ2v) is 4.79. The molecule has 104 valence electrons. The van der Waals surface area contributed by atoms with Crippen molar-refractivity contribution in [2.75, 3.05) is 19.6 Å². The Hall–Kier alpha value is -1.53. The standard InChI is InChI=1S/C13H18FN3O2/c1-2-6-16(11-7-15-8-11)9-10-4-3-5-12(13(10)14)17(18)19/h3-5,11,15H,2,6-9H2,1H3. The summed E-state index contributed by atoms with van der Waals surface area (Å²) < 4.78 is 14.0. The van der Waals surface area contributed by atoms with E-state index in [-0.39, 0.29) is 0 Å². The summed E-state index contributed by atoms with van der Waals surface area (Å²) in [4.78, 5) is 12.2. The molecule has 0 unspecified atom stereocenters. The van der Waals surface area contributed by atoms with Gasteiger partial charge in [-0.1, -0.05) is 19.1 Å². The minimum Gasteiger partial charge on any atom is -0.314 e. The van der Waals surface area contributed by atoms with Gasteiger partial charge in [-0.3, -0.25) is 15.0 Å². The lowest BCUT2D eigenvalue weighted by atomic mass is 10.1. The lowest BCUT2D eigenvalue weighted by molar-refractivity contribution is -0.387. The second-order valence-electron chi connectivity index (χ2n) is 4.79. The van der Waals surface area contributed by atoms with Gasteiger partial charge in [-0.05, 0) is 13.0 Å². The number of hydrogen-bond acceptors (Lipinski definition) is 4. The molecule has 0 atom stereocenters. The van der Waals surface area contributed by atoms with E-state index in [4.69, 9.17) is 0 Å². The van der Waals surface area contributed by atoms with E-state index in [9.17, 15) is 14.5 Å². The molecule has 1 fully saturated rings. The highest BCUT2D eigenvalue weighted by Gasteiger charge is 2.26. The van der Waals surface area contributed by atoms with Gasteiger partial charge < -0.3 is 5.32 Å². The van der Waals surface area contributed by atoms with Crippen molar-refractivity contribution in [3.8, 4) is 0 Å². The minimum absolute atomic E-state index is 0.398. The minimum atomic E-state index is -0.708. The number of nitrogens with zero attached hydrogens (tertiary/aromatic N) is 2. The highest BCUT2D eigenvalue weighted by Crippen LogP contribution is 2.22. The van der Waals surface area contributed by atoms with E-state index < -0.39 is 16.4 Å². The molecule has 1 saturated heterocycles. The summed E-state index contributed by atoms with van der Waals surface area (Å²) in [7, 11) is 0. The maximum absolute atomic E-state index is 14.0. The van der Waals surface area contributed by atoms with Gasteiger partial charge in [-0.25, -0.2) is 0 Å². The van der Waals surface area contributed by atoms with Crippen molar-refractivity contribution >= 4 is 5.69 Å². The molecule has 1 aliphatic rings. The summed E-state index contributed by atoms with van der Waals surface area (Å²) in [6.45, 7) is 5.16. The Morgan fingerprint density at radius 2 is 2.26 bits per heavy atom. The van der Waals surface area contributed by atoms with E-state index in [1.54, 1.807) is 12.1 Å². The molecule has 6 heteroatoms. The van der Waals surface area contributed by atoms with Crippen LogP contribution < -0.4 is 5.32 Å². The molecule has 0 saturated carbocycles. The Kier molecular flexibility index (Phi) is 4.44. The monoisotopic (exact) mass is 267 g/mol. The zero-order valence-corrected chi connectivity index (χ0v) is 10.9. The Balaban J connectivity index is 2.16. The first-order valence-electron chi connectivity index (χ1n) is 6.50. The van der Waals surface area contributed by atoms with Crippen LogP contribution in [0.2, 0.25) is 0 Å². The van der Waals surface area contributed by atoms with Crippen molar-refractivity contribution in [2.45, 2.75) is 25.9 Å². The molecule has 1 N–H and O–H groups in total. The quantitative estimate of drug-likeness (QED) is 0.632. The number of rotatable bonds is 6. The summed E-state index contributed by atoms with van der Waals surface area (Å²) >= 11 is 0. The Labute approximate surface area is 111 Å². The van der Waals surface area contributed by atoms with Crippen molar-refractivity contribution in [1.82, 2.24) is 10.2 Å². The van der Waals surface area contributed by atoms with Gasteiger partial charge in [-0.2, -0.15) is 4.39 Å². The summed E-state index contributed by atoms with van der Waals surface area (Å²) in [5.41, 5.74) is -0.0461. The maximum Gasteiger partial charge on any atom is 0.305 e. The third-order valence-corrected chi connectivity index (χ3v) is 3.42. The molecular formula is C13H18FN3O2. The highest BCUT2D eigenvalue weighted by molar-refractivity contribution is 5.36. The van der Waals surface area contributed by atoms with Crippen LogP contribution in [0.15, 0.2) is 18.2 Å². The summed E-state index contributed by atoms with van der Waals surface area (Å²) in [6, 6.07) is 4.77. The summed E-state index contributed by atoms with van der Waals surface area (Å²) in [5.74, 6) is -0.708. The summed E-state index contributed by atoms with van der Waals surface area (Å²) in [6.07, 6.45) is 0.979. The van der Waals surface area contributed by atoms with Gasteiger partial charge in [0.05, 0.1) is 4.92 Å². The van der Waals surface area contributed by atoms with Crippen LogP contribution in [-0.4, -0.2) is 35.5 Å². The largest absolute Gasteiger partial charge is 0.314 e. The highest BCUT2D eigenvalue weighted by atomic mass is 19.1. The number of nitro groups is 1. The number of nitro benzene ring substituents is 1. The van der Waals surface area contributed by atoms with Gasteiger partial charge in [0.2, 0.25) is 5.82 Å². The van der Waals surface area contributed by atoms with Crippen LogP contribution in [0.5, 0.6) is 0 Å².